The molecule has 1 aliphatic heterocycles. The quantitative estimate of drug-likeness (QED) is 0.575. The van der Waals surface area contributed by atoms with E-state index in [-0.39, 0.29) is 31.2 Å². The van der Waals surface area contributed by atoms with Crippen LogP contribution in [-0.4, -0.2) is 45.7 Å². The van der Waals surface area contributed by atoms with Crippen molar-refractivity contribution in [1.82, 2.24) is 20.4 Å². The van der Waals surface area contributed by atoms with Crippen LogP contribution in [0.4, 0.5) is 4.39 Å². The van der Waals surface area contributed by atoms with Gasteiger partial charge in [-0.15, -0.1) is 0 Å². The molecule has 2 amide bonds. The first-order valence-electron chi connectivity index (χ1n) is 11.3. The van der Waals surface area contributed by atoms with Crippen LogP contribution in [0.15, 0.2) is 66.9 Å². The lowest BCUT2D eigenvalue weighted by Crippen LogP contribution is -2.47. The van der Waals surface area contributed by atoms with E-state index >= 15 is 0 Å². The van der Waals surface area contributed by atoms with E-state index < -0.39 is 18.3 Å². The topological polar surface area (TPSA) is 78.1 Å². The molecule has 1 aromatic heterocycles. The van der Waals surface area contributed by atoms with Crippen LogP contribution in [0.5, 0.6) is 0 Å². The third-order valence-corrected chi connectivity index (χ3v) is 6.13. The van der Waals surface area contributed by atoms with Gasteiger partial charge in [0.15, 0.2) is 0 Å². The molecule has 3 aromatic rings. The smallest absolute Gasteiger partial charge is 0.243 e. The number of hydrogen-bond donors (Lipinski definition) is 2. The van der Waals surface area contributed by atoms with Gasteiger partial charge in [-0.3, -0.25) is 14.7 Å². The van der Waals surface area contributed by atoms with Crippen LogP contribution >= 0.6 is 0 Å². The predicted molar refractivity (Wildman–Crippen MR) is 124 cm³/mol. The highest BCUT2D eigenvalue weighted by Crippen LogP contribution is 2.27. The Morgan fingerprint density at radius 1 is 1.06 bits per heavy atom. The number of aromatic nitrogens is 2. The number of hydrogen-bond acceptors (Lipinski definition) is 3. The molecular formula is C26H29FN4O2. The van der Waals surface area contributed by atoms with Crippen LogP contribution in [0.1, 0.15) is 54.6 Å². The third-order valence-electron chi connectivity index (χ3n) is 6.13. The highest BCUT2D eigenvalue weighted by atomic mass is 19.1. The molecule has 7 heteroatoms. The summed E-state index contributed by atoms with van der Waals surface area (Å²) >= 11 is 0. The number of likely N-dealkylation sites (tertiary alicyclic amines) is 1. The van der Waals surface area contributed by atoms with Crippen LogP contribution in [0.25, 0.3) is 0 Å². The summed E-state index contributed by atoms with van der Waals surface area (Å²) in [4.78, 5) is 27.5. The van der Waals surface area contributed by atoms with Crippen molar-refractivity contribution < 1.29 is 14.0 Å². The average molecular weight is 449 g/mol. The molecule has 2 aromatic carbocycles. The molecule has 0 radical (unpaired) electrons. The van der Waals surface area contributed by atoms with Crippen molar-refractivity contribution >= 4 is 11.8 Å². The maximum atomic E-state index is 14.3. The van der Waals surface area contributed by atoms with Crippen LogP contribution in [0.2, 0.25) is 0 Å². The molecule has 1 aliphatic rings. The first-order chi connectivity index (χ1) is 15.9. The number of carbonyl (C=O) groups is 2. The van der Waals surface area contributed by atoms with Crippen molar-refractivity contribution in [3.8, 4) is 0 Å². The summed E-state index contributed by atoms with van der Waals surface area (Å²) in [5, 5.41) is 9.67. The van der Waals surface area contributed by atoms with Gasteiger partial charge in [0.2, 0.25) is 11.8 Å². The summed E-state index contributed by atoms with van der Waals surface area (Å²) < 4.78 is 14.3. The first-order valence-corrected chi connectivity index (χ1v) is 11.3. The highest BCUT2D eigenvalue weighted by Gasteiger charge is 2.40. The van der Waals surface area contributed by atoms with Gasteiger partial charge in [-0.2, -0.15) is 5.10 Å². The number of carbonyl (C=O) groups excluding carboxylic acids is 2. The maximum Gasteiger partial charge on any atom is 0.243 e. The van der Waals surface area contributed by atoms with Crippen LogP contribution in [0, 0.1) is 0 Å². The molecule has 3 atom stereocenters. The lowest BCUT2D eigenvalue weighted by Gasteiger charge is -2.27. The van der Waals surface area contributed by atoms with E-state index in [0.717, 1.165) is 11.1 Å². The Kier molecular flexibility index (Phi) is 6.87. The molecule has 1 saturated heterocycles. The number of benzene rings is 2. The maximum absolute atomic E-state index is 14.3. The van der Waals surface area contributed by atoms with Gasteiger partial charge >= 0.3 is 0 Å². The molecular weight excluding hydrogens is 419 g/mol. The number of halogens is 1. The van der Waals surface area contributed by atoms with Gasteiger partial charge in [-0.05, 0) is 28.7 Å². The zero-order valence-corrected chi connectivity index (χ0v) is 18.9. The molecule has 0 spiro atoms. The molecule has 0 unspecified atom stereocenters. The Labute approximate surface area is 193 Å². The van der Waals surface area contributed by atoms with Crippen molar-refractivity contribution in [2.24, 2.45) is 0 Å². The lowest BCUT2D eigenvalue weighted by molar-refractivity contribution is -0.138. The van der Waals surface area contributed by atoms with E-state index in [9.17, 15) is 14.0 Å². The Morgan fingerprint density at radius 2 is 1.73 bits per heavy atom. The fourth-order valence-electron chi connectivity index (χ4n) is 4.27. The van der Waals surface area contributed by atoms with Crippen molar-refractivity contribution in [2.75, 3.05) is 6.54 Å². The average Bonchev–Trinajstić information content (AvgIpc) is 3.47. The normalized spacial score (nSPS) is 19.0. The number of amides is 2. The first kappa shape index (κ1) is 22.7. The predicted octanol–water partition coefficient (Wildman–Crippen LogP) is 3.92. The van der Waals surface area contributed by atoms with E-state index in [1.807, 2.05) is 42.5 Å². The number of nitrogens with one attached hydrogen (secondary N) is 2. The number of aromatic amines is 1. The second kappa shape index (κ2) is 9.98. The van der Waals surface area contributed by atoms with Gasteiger partial charge in [0.1, 0.15) is 12.2 Å². The molecule has 2 N–H and O–H groups in total. The summed E-state index contributed by atoms with van der Waals surface area (Å²) in [6, 6.07) is 18.3. The summed E-state index contributed by atoms with van der Waals surface area (Å²) in [7, 11) is 0. The van der Waals surface area contributed by atoms with Gasteiger partial charge in [-0.25, -0.2) is 4.39 Å². The number of alkyl halides is 1. The molecule has 0 bridgehead atoms. The van der Waals surface area contributed by atoms with E-state index in [1.54, 1.807) is 12.3 Å². The van der Waals surface area contributed by atoms with E-state index in [2.05, 4.69) is 41.5 Å². The van der Waals surface area contributed by atoms with E-state index in [1.165, 1.54) is 10.5 Å². The molecule has 1 fully saturated rings. The highest BCUT2D eigenvalue weighted by molar-refractivity contribution is 5.89. The van der Waals surface area contributed by atoms with Crippen molar-refractivity contribution in [2.45, 2.75) is 50.9 Å². The molecule has 33 heavy (non-hydrogen) atoms. The van der Waals surface area contributed by atoms with Crippen molar-refractivity contribution in [3.63, 3.8) is 0 Å². The SMILES string of the molecule is CC(C)c1ccc([C@@H](NC(=O)[C@H]2C[C@@H](F)CN2C(=O)Cc2ccn[nH]2)c2ccccc2)cc1. The lowest BCUT2D eigenvalue weighted by atomic mass is 9.95. The zero-order chi connectivity index (χ0) is 23.4. The number of rotatable bonds is 7. The largest absolute Gasteiger partial charge is 0.343 e. The Balaban J connectivity index is 1.56. The van der Waals surface area contributed by atoms with E-state index in [4.69, 9.17) is 0 Å². The Bertz CT molecular complexity index is 1070. The van der Waals surface area contributed by atoms with Crippen LogP contribution in [0.3, 0.4) is 0 Å². The van der Waals surface area contributed by atoms with Gasteiger partial charge in [0, 0.05) is 18.3 Å². The zero-order valence-electron chi connectivity index (χ0n) is 18.9. The van der Waals surface area contributed by atoms with Crippen molar-refractivity contribution in [3.05, 3.63) is 89.2 Å². The molecule has 4 rings (SSSR count). The second-order valence-corrected chi connectivity index (χ2v) is 8.83. The monoisotopic (exact) mass is 448 g/mol. The molecule has 172 valence electrons. The van der Waals surface area contributed by atoms with Gasteiger partial charge < -0.3 is 10.2 Å². The number of nitrogens with zero attached hydrogens (tertiary/aromatic N) is 2. The van der Waals surface area contributed by atoms with Crippen LogP contribution in [-0.2, 0) is 16.0 Å². The summed E-state index contributed by atoms with van der Waals surface area (Å²) in [6.45, 7) is 4.19. The van der Waals surface area contributed by atoms with E-state index in [0.29, 0.717) is 11.6 Å². The summed E-state index contributed by atoms with van der Waals surface area (Å²) in [5.41, 5.74) is 3.70. The third kappa shape index (κ3) is 5.30. The van der Waals surface area contributed by atoms with Crippen LogP contribution < -0.4 is 5.32 Å². The molecule has 2 heterocycles. The standard InChI is InChI=1S/C26H29FN4O2/c1-17(2)18-8-10-20(11-9-18)25(19-6-4-3-5-7-19)29-26(33)23-14-21(27)16-31(23)24(32)15-22-12-13-28-30-22/h3-13,17,21,23,25H,14-16H2,1-2H3,(H,28,30)(H,29,33)/t21-,23-,25+/m1/s1. The molecule has 0 saturated carbocycles. The minimum atomic E-state index is -1.23. The minimum Gasteiger partial charge on any atom is -0.343 e. The summed E-state index contributed by atoms with van der Waals surface area (Å²) in [5.74, 6) is -0.245. The molecule has 0 aliphatic carbocycles. The fraction of sp³-hybridized carbons (Fsp3) is 0.346. The fourth-order valence-corrected chi connectivity index (χ4v) is 4.27. The van der Waals surface area contributed by atoms with Gasteiger partial charge in [0.05, 0.1) is 19.0 Å². The number of H-pyrrole nitrogens is 1. The second-order valence-electron chi connectivity index (χ2n) is 8.83. The summed E-state index contributed by atoms with van der Waals surface area (Å²) in [6.07, 6.45) is 0.375. The van der Waals surface area contributed by atoms with Crippen molar-refractivity contribution in [1.29, 1.82) is 0 Å². The Morgan fingerprint density at radius 3 is 2.36 bits per heavy atom. The Hall–Kier alpha value is -3.48. The van der Waals surface area contributed by atoms with Gasteiger partial charge in [-0.1, -0.05) is 68.4 Å². The van der Waals surface area contributed by atoms with Gasteiger partial charge in [0.25, 0.3) is 0 Å². The minimum absolute atomic E-state index is 0.00561. The molecule has 6 nitrogen and oxygen atoms in total.